The molecular weight excluding hydrogens is 337 g/mol. The Bertz CT molecular complexity index is 712. The summed E-state index contributed by atoms with van der Waals surface area (Å²) in [4.78, 5) is 27.8. The molecule has 1 atom stereocenters. The molecule has 0 saturated carbocycles. The highest BCUT2D eigenvalue weighted by atomic mass is 35.5. The number of rotatable bonds is 4. The quantitative estimate of drug-likeness (QED) is 0.885. The predicted molar refractivity (Wildman–Crippen MR) is 91.1 cm³/mol. The van der Waals surface area contributed by atoms with Crippen LogP contribution >= 0.6 is 23.2 Å². The van der Waals surface area contributed by atoms with E-state index < -0.39 is 5.92 Å². The molecule has 1 unspecified atom stereocenters. The van der Waals surface area contributed by atoms with Crippen molar-refractivity contribution < 1.29 is 9.59 Å². The molecule has 1 aromatic carbocycles. The molecule has 0 aliphatic carbocycles. The van der Waals surface area contributed by atoms with Crippen molar-refractivity contribution in [2.24, 2.45) is 0 Å². The van der Waals surface area contributed by atoms with Gasteiger partial charge in [0, 0.05) is 28.9 Å². The predicted octanol–water partition coefficient (Wildman–Crippen LogP) is 3.49. The van der Waals surface area contributed by atoms with Crippen LogP contribution in [0.3, 0.4) is 0 Å². The zero-order chi connectivity index (χ0) is 17.0. The lowest BCUT2D eigenvalue weighted by molar-refractivity contribution is -0.117. The van der Waals surface area contributed by atoms with Gasteiger partial charge in [0.15, 0.2) is 0 Å². The lowest BCUT2D eigenvalue weighted by atomic mass is 10.00. The average molecular weight is 352 g/mol. The molecule has 0 aliphatic rings. The molecule has 2 N–H and O–H groups in total. The van der Waals surface area contributed by atoms with Gasteiger partial charge < -0.3 is 10.6 Å². The molecule has 0 spiro atoms. The Morgan fingerprint density at radius 1 is 1.13 bits per heavy atom. The van der Waals surface area contributed by atoms with Gasteiger partial charge in [0.2, 0.25) is 5.91 Å². The first-order valence-electron chi connectivity index (χ1n) is 6.87. The molecule has 0 radical (unpaired) electrons. The summed E-state index contributed by atoms with van der Waals surface area (Å²) in [5.74, 6) is -0.735. The third-order valence-electron chi connectivity index (χ3n) is 3.33. The van der Waals surface area contributed by atoms with E-state index in [-0.39, 0.29) is 11.8 Å². The highest BCUT2D eigenvalue weighted by Crippen LogP contribution is 2.31. The number of halogens is 2. The lowest BCUT2D eigenvalue weighted by Gasteiger charge is -2.15. The summed E-state index contributed by atoms with van der Waals surface area (Å²) in [6, 6.07) is 8.22. The molecule has 2 amide bonds. The van der Waals surface area contributed by atoms with Gasteiger partial charge in [-0.1, -0.05) is 29.3 Å². The number of carbonyl (C=O) groups is 2. The van der Waals surface area contributed by atoms with Crippen molar-refractivity contribution in [1.29, 1.82) is 0 Å². The number of benzene rings is 1. The molecular formula is C16H15Cl2N3O2. The fourth-order valence-corrected chi connectivity index (χ4v) is 2.76. The monoisotopic (exact) mass is 351 g/mol. The summed E-state index contributed by atoms with van der Waals surface area (Å²) in [7, 11) is 1.53. The maximum atomic E-state index is 12.3. The second kappa shape index (κ2) is 7.44. The first-order valence-corrected chi connectivity index (χ1v) is 7.62. The summed E-state index contributed by atoms with van der Waals surface area (Å²) in [6.07, 6.45) is 1.39. The highest BCUT2D eigenvalue weighted by molar-refractivity contribution is 6.36. The van der Waals surface area contributed by atoms with Gasteiger partial charge >= 0.3 is 0 Å². The number of aromatic nitrogens is 1. The molecule has 0 aliphatic heterocycles. The molecule has 2 aromatic rings. The fourth-order valence-electron chi connectivity index (χ4n) is 2.04. The van der Waals surface area contributed by atoms with E-state index in [1.54, 1.807) is 37.3 Å². The van der Waals surface area contributed by atoms with Gasteiger partial charge in [0.1, 0.15) is 5.82 Å². The minimum absolute atomic E-state index is 0.244. The number of hydrogen-bond acceptors (Lipinski definition) is 3. The van der Waals surface area contributed by atoms with Gasteiger partial charge in [-0.05, 0) is 31.2 Å². The largest absolute Gasteiger partial charge is 0.355 e. The van der Waals surface area contributed by atoms with Gasteiger partial charge in [-0.15, -0.1) is 0 Å². The van der Waals surface area contributed by atoms with E-state index in [2.05, 4.69) is 15.6 Å². The number of hydrogen-bond donors (Lipinski definition) is 2. The Morgan fingerprint density at radius 2 is 1.78 bits per heavy atom. The van der Waals surface area contributed by atoms with Crippen molar-refractivity contribution in [1.82, 2.24) is 10.3 Å². The van der Waals surface area contributed by atoms with Crippen LogP contribution in [0.25, 0.3) is 0 Å². The first kappa shape index (κ1) is 17.2. The second-order valence-corrected chi connectivity index (χ2v) is 5.67. The third-order valence-corrected chi connectivity index (χ3v) is 3.99. The van der Waals surface area contributed by atoms with E-state index in [0.717, 1.165) is 0 Å². The van der Waals surface area contributed by atoms with Crippen molar-refractivity contribution >= 4 is 40.8 Å². The molecule has 120 valence electrons. The van der Waals surface area contributed by atoms with Crippen molar-refractivity contribution in [2.45, 2.75) is 12.8 Å². The number of amides is 2. The molecule has 23 heavy (non-hydrogen) atoms. The van der Waals surface area contributed by atoms with Crippen molar-refractivity contribution in [2.75, 3.05) is 12.4 Å². The Balaban J connectivity index is 2.14. The van der Waals surface area contributed by atoms with Crippen LogP contribution in [-0.2, 0) is 4.79 Å². The standard InChI is InChI=1S/C16H15Cl2N3O2/c1-9(14-11(17)4-3-5-12(14)18)15(22)21-13-7-6-10(8-20-13)16(23)19-2/h3-9H,1-2H3,(H,19,23)(H,20,21,22). The second-order valence-electron chi connectivity index (χ2n) is 4.86. The molecule has 0 bridgehead atoms. The zero-order valence-corrected chi connectivity index (χ0v) is 14.1. The van der Waals surface area contributed by atoms with Crippen LogP contribution in [0.1, 0.15) is 28.8 Å². The fraction of sp³-hybridized carbons (Fsp3) is 0.188. The summed E-state index contributed by atoms with van der Waals surface area (Å²) in [5, 5.41) is 6.04. The Morgan fingerprint density at radius 3 is 2.30 bits per heavy atom. The van der Waals surface area contributed by atoms with Crippen LogP contribution in [0.4, 0.5) is 5.82 Å². The van der Waals surface area contributed by atoms with E-state index >= 15 is 0 Å². The summed E-state index contributed by atoms with van der Waals surface area (Å²) in [6.45, 7) is 1.71. The van der Waals surface area contributed by atoms with Crippen LogP contribution in [0.15, 0.2) is 36.5 Å². The molecule has 1 heterocycles. The molecule has 5 nitrogen and oxygen atoms in total. The number of nitrogens with one attached hydrogen (secondary N) is 2. The van der Waals surface area contributed by atoms with Crippen LogP contribution in [0, 0.1) is 0 Å². The highest BCUT2D eigenvalue weighted by Gasteiger charge is 2.21. The average Bonchev–Trinajstić information content (AvgIpc) is 2.54. The van der Waals surface area contributed by atoms with Crippen molar-refractivity contribution in [3.8, 4) is 0 Å². The third kappa shape index (κ3) is 4.00. The summed E-state index contributed by atoms with van der Waals surface area (Å²) < 4.78 is 0. The Kier molecular flexibility index (Phi) is 5.58. The SMILES string of the molecule is CNC(=O)c1ccc(NC(=O)C(C)c2c(Cl)cccc2Cl)nc1. The lowest BCUT2D eigenvalue weighted by Crippen LogP contribution is -2.21. The normalized spacial score (nSPS) is 11.7. The van der Waals surface area contributed by atoms with E-state index in [9.17, 15) is 9.59 Å². The minimum Gasteiger partial charge on any atom is -0.355 e. The smallest absolute Gasteiger partial charge is 0.252 e. The van der Waals surface area contributed by atoms with Crippen LogP contribution < -0.4 is 10.6 Å². The zero-order valence-electron chi connectivity index (χ0n) is 12.6. The van der Waals surface area contributed by atoms with Gasteiger partial charge in [-0.25, -0.2) is 4.98 Å². The minimum atomic E-state index is -0.545. The first-order chi connectivity index (χ1) is 10.9. The van der Waals surface area contributed by atoms with Crippen LogP contribution in [0.5, 0.6) is 0 Å². The molecule has 0 saturated heterocycles. The Labute approximate surface area is 144 Å². The summed E-state index contributed by atoms with van der Waals surface area (Å²) in [5.41, 5.74) is 0.975. The van der Waals surface area contributed by atoms with Crippen molar-refractivity contribution in [3.05, 3.63) is 57.7 Å². The Hall–Kier alpha value is -2.11. The molecule has 0 fully saturated rings. The number of carbonyl (C=O) groups excluding carboxylic acids is 2. The molecule has 2 rings (SSSR count). The van der Waals surface area contributed by atoms with E-state index in [1.807, 2.05) is 0 Å². The molecule has 1 aromatic heterocycles. The number of anilines is 1. The van der Waals surface area contributed by atoms with Crippen molar-refractivity contribution in [3.63, 3.8) is 0 Å². The van der Waals surface area contributed by atoms with Gasteiger partial charge in [0.05, 0.1) is 11.5 Å². The van der Waals surface area contributed by atoms with E-state index in [1.165, 1.54) is 13.2 Å². The van der Waals surface area contributed by atoms with E-state index in [4.69, 9.17) is 23.2 Å². The summed E-state index contributed by atoms with van der Waals surface area (Å²) >= 11 is 12.2. The van der Waals surface area contributed by atoms with Gasteiger partial charge in [-0.3, -0.25) is 9.59 Å². The number of pyridine rings is 1. The topological polar surface area (TPSA) is 71.1 Å². The molecule has 7 heteroatoms. The maximum absolute atomic E-state index is 12.3. The van der Waals surface area contributed by atoms with Crippen LogP contribution in [-0.4, -0.2) is 23.8 Å². The van der Waals surface area contributed by atoms with E-state index in [0.29, 0.717) is 27.0 Å². The maximum Gasteiger partial charge on any atom is 0.252 e. The van der Waals surface area contributed by atoms with Gasteiger partial charge in [0.25, 0.3) is 5.91 Å². The van der Waals surface area contributed by atoms with Gasteiger partial charge in [-0.2, -0.15) is 0 Å². The van der Waals surface area contributed by atoms with Crippen LogP contribution in [0.2, 0.25) is 10.0 Å². The number of nitrogens with zero attached hydrogens (tertiary/aromatic N) is 1.